The summed E-state index contributed by atoms with van der Waals surface area (Å²) in [5, 5.41) is 12.5. The van der Waals surface area contributed by atoms with E-state index >= 15 is 0 Å². The Morgan fingerprint density at radius 1 is 1.03 bits per heavy atom. The molecule has 5 rings (SSSR count). The fourth-order valence-corrected chi connectivity index (χ4v) is 6.13. The third-order valence-corrected chi connectivity index (χ3v) is 8.08. The number of aliphatic hydroxyl groups is 1. The summed E-state index contributed by atoms with van der Waals surface area (Å²) in [6.07, 6.45) is 2.60. The van der Waals surface area contributed by atoms with Gasteiger partial charge in [0.15, 0.2) is 12.1 Å². The van der Waals surface area contributed by atoms with Crippen molar-refractivity contribution < 1.29 is 24.1 Å². The molecule has 2 aliphatic carbocycles. The van der Waals surface area contributed by atoms with E-state index in [2.05, 4.69) is 20.8 Å². The van der Waals surface area contributed by atoms with Crippen LogP contribution in [0.4, 0.5) is 0 Å². The number of hydrogen-bond donors (Lipinski definition) is 1. The van der Waals surface area contributed by atoms with Crippen LogP contribution in [0, 0.1) is 11.3 Å². The van der Waals surface area contributed by atoms with Crippen LogP contribution in [0.25, 0.3) is 0 Å². The molecule has 1 aromatic carbocycles. The van der Waals surface area contributed by atoms with Gasteiger partial charge in [0.1, 0.15) is 11.7 Å². The highest BCUT2D eigenvalue weighted by Crippen LogP contribution is 2.62. The quantitative estimate of drug-likeness (QED) is 0.719. The predicted octanol–water partition coefficient (Wildman–Crippen LogP) is 4.12. The summed E-state index contributed by atoms with van der Waals surface area (Å²) in [4.78, 5) is 0. The molecule has 0 bridgehead atoms. The van der Waals surface area contributed by atoms with Crippen molar-refractivity contribution >= 4 is 0 Å². The number of benzene rings is 1. The Morgan fingerprint density at radius 2 is 1.76 bits per heavy atom. The Hall–Kier alpha value is -1.24. The lowest BCUT2D eigenvalue weighted by Gasteiger charge is -2.62. The highest BCUT2D eigenvalue weighted by Gasteiger charge is 2.68. The SMILES string of the molecule is CC1=C2CC[C@@]3(C)CCC4(OCCO4)[C@H](C)[C@]3(O)[C@H]2OC(c2ccccc2)OC1. The molecule has 5 nitrogen and oxygen atoms in total. The topological polar surface area (TPSA) is 57.2 Å². The summed E-state index contributed by atoms with van der Waals surface area (Å²) in [5.74, 6) is -0.928. The second kappa shape index (κ2) is 6.89. The van der Waals surface area contributed by atoms with Crippen molar-refractivity contribution in [1.82, 2.24) is 0 Å². The molecule has 5 heteroatoms. The van der Waals surface area contributed by atoms with E-state index in [1.165, 1.54) is 11.1 Å². The van der Waals surface area contributed by atoms with Crippen molar-refractivity contribution in [3.63, 3.8) is 0 Å². The summed E-state index contributed by atoms with van der Waals surface area (Å²) in [6, 6.07) is 10.0. The fraction of sp³-hybridized carbons (Fsp3) is 0.667. The lowest BCUT2D eigenvalue weighted by atomic mass is 9.50. The maximum Gasteiger partial charge on any atom is 0.185 e. The molecule has 0 amide bonds. The van der Waals surface area contributed by atoms with E-state index in [1.807, 2.05) is 30.3 Å². The first-order valence-electron chi connectivity index (χ1n) is 10.9. The van der Waals surface area contributed by atoms with E-state index < -0.39 is 23.8 Å². The van der Waals surface area contributed by atoms with Gasteiger partial charge in [-0.05, 0) is 37.3 Å². The molecule has 0 aromatic heterocycles. The molecule has 4 aliphatic rings. The largest absolute Gasteiger partial charge is 0.386 e. The van der Waals surface area contributed by atoms with E-state index in [1.54, 1.807) is 0 Å². The second-order valence-electron chi connectivity index (χ2n) is 9.49. The predicted molar refractivity (Wildman–Crippen MR) is 108 cm³/mol. The van der Waals surface area contributed by atoms with Crippen LogP contribution in [-0.2, 0) is 18.9 Å². The van der Waals surface area contributed by atoms with Crippen LogP contribution in [0.15, 0.2) is 41.5 Å². The van der Waals surface area contributed by atoms with Gasteiger partial charge in [-0.1, -0.05) is 44.2 Å². The molecule has 1 saturated heterocycles. The van der Waals surface area contributed by atoms with Gasteiger partial charge in [0.2, 0.25) is 0 Å². The van der Waals surface area contributed by atoms with Crippen molar-refractivity contribution in [1.29, 1.82) is 0 Å². The Morgan fingerprint density at radius 3 is 2.48 bits per heavy atom. The number of ether oxygens (including phenoxy) is 4. The molecule has 29 heavy (non-hydrogen) atoms. The molecule has 158 valence electrons. The van der Waals surface area contributed by atoms with Crippen molar-refractivity contribution in [2.45, 2.75) is 70.2 Å². The molecule has 5 atom stereocenters. The van der Waals surface area contributed by atoms with Gasteiger partial charge in [0.25, 0.3) is 0 Å². The summed E-state index contributed by atoms with van der Waals surface area (Å²) in [6.45, 7) is 8.08. The molecule has 1 spiro atoms. The summed E-state index contributed by atoms with van der Waals surface area (Å²) in [5.41, 5.74) is 1.98. The molecular weight excluding hydrogens is 368 g/mol. The van der Waals surface area contributed by atoms with E-state index in [9.17, 15) is 5.11 Å². The number of hydrogen-bond acceptors (Lipinski definition) is 5. The van der Waals surface area contributed by atoms with Gasteiger partial charge in [0, 0.05) is 23.3 Å². The Kier molecular flexibility index (Phi) is 4.68. The van der Waals surface area contributed by atoms with E-state index in [0.29, 0.717) is 19.8 Å². The Labute approximate surface area is 173 Å². The summed E-state index contributed by atoms with van der Waals surface area (Å²) < 4.78 is 25.0. The summed E-state index contributed by atoms with van der Waals surface area (Å²) in [7, 11) is 0. The number of rotatable bonds is 1. The highest BCUT2D eigenvalue weighted by molar-refractivity contribution is 5.31. The molecule has 1 N–H and O–H groups in total. The van der Waals surface area contributed by atoms with Crippen LogP contribution in [-0.4, -0.2) is 42.4 Å². The van der Waals surface area contributed by atoms with Gasteiger partial charge in [-0.2, -0.15) is 0 Å². The third-order valence-electron chi connectivity index (χ3n) is 8.08. The smallest absolute Gasteiger partial charge is 0.185 e. The molecule has 2 saturated carbocycles. The van der Waals surface area contributed by atoms with Crippen molar-refractivity contribution in [2.24, 2.45) is 11.3 Å². The maximum atomic E-state index is 12.5. The minimum absolute atomic E-state index is 0.209. The van der Waals surface area contributed by atoms with Crippen molar-refractivity contribution in [3.8, 4) is 0 Å². The molecule has 2 aliphatic heterocycles. The van der Waals surface area contributed by atoms with Gasteiger partial charge in [-0.3, -0.25) is 0 Å². The minimum Gasteiger partial charge on any atom is -0.386 e. The normalized spacial score (nSPS) is 41.7. The lowest BCUT2D eigenvalue weighted by Crippen LogP contribution is -2.70. The average molecular weight is 401 g/mol. The van der Waals surface area contributed by atoms with E-state index in [4.69, 9.17) is 18.9 Å². The standard InChI is InChI=1S/C24H32O5/c1-16-15-26-21(18-7-5-4-6-8-18)29-20-19(16)9-10-22(3)11-12-23(27-13-14-28-23)17(2)24(20,22)25/h4-8,17,20-21,25H,9-15H2,1-3H3/t17-,20-,21?,22-,24-/m0/s1. The Bertz CT molecular complexity index is 799. The number of fused-ring (bicyclic) bond motifs is 3. The van der Waals surface area contributed by atoms with Gasteiger partial charge >= 0.3 is 0 Å². The van der Waals surface area contributed by atoms with Crippen LogP contribution in [0.1, 0.15) is 58.3 Å². The second-order valence-corrected chi connectivity index (χ2v) is 9.49. The van der Waals surface area contributed by atoms with Gasteiger partial charge in [-0.15, -0.1) is 0 Å². The maximum absolute atomic E-state index is 12.5. The first-order valence-corrected chi connectivity index (χ1v) is 10.9. The first kappa shape index (κ1) is 19.7. The van der Waals surface area contributed by atoms with Crippen molar-refractivity contribution in [2.75, 3.05) is 19.8 Å². The monoisotopic (exact) mass is 400 g/mol. The first-order chi connectivity index (χ1) is 13.9. The van der Waals surface area contributed by atoms with Gasteiger partial charge in [-0.25, -0.2) is 0 Å². The van der Waals surface area contributed by atoms with Gasteiger partial charge < -0.3 is 24.1 Å². The van der Waals surface area contributed by atoms with Crippen LogP contribution in [0.5, 0.6) is 0 Å². The molecule has 3 fully saturated rings. The zero-order chi connectivity index (χ0) is 20.3. The highest BCUT2D eigenvalue weighted by atomic mass is 16.7. The van der Waals surface area contributed by atoms with Crippen LogP contribution < -0.4 is 0 Å². The van der Waals surface area contributed by atoms with E-state index in [0.717, 1.165) is 31.2 Å². The molecule has 1 unspecified atom stereocenters. The zero-order valence-corrected chi connectivity index (χ0v) is 17.6. The average Bonchev–Trinajstić information content (AvgIpc) is 3.14. The van der Waals surface area contributed by atoms with Crippen LogP contribution >= 0.6 is 0 Å². The Balaban J connectivity index is 1.58. The molecule has 2 heterocycles. The third kappa shape index (κ3) is 2.78. The van der Waals surface area contributed by atoms with E-state index in [-0.39, 0.29) is 11.3 Å². The van der Waals surface area contributed by atoms with Gasteiger partial charge in [0.05, 0.1) is 19.8 Å². The fourth-order valence-electron chi connectivity index (χ4n) is 6.13. The lowest BCUT2D eigenvalue weighted by molar-refractivity contribution is -0.330. The van der Waals surface area contributed by atoms with Crippen molar-refractivity contribution in [3.05, 3.63) is 47.0 Å². The molecule has 0 radical (unpaired) electrons. The van der Waals surface area contributed by atoms with Crippen LogP contribution in [0.2, 0.25) is 0 Å². The molecule has 1 aromatic rings. The molecular formula is C24H32O5. The summed E-state index contributed by atoms with van der Waals surface area (Å²) >= 11 is 0. The van der Waals surface area contributed by atoms with Crippen LogP contribution in [0.3, 0.4) is 0 Å². The zero-order valence-electron chi connectivity index (χ0n) is 17.6. The minimum atomic E-state index is -1.09.